The Labute approximate surface area is 114 Å². The molecular weight excluding hydrogens is 236 g/mol. The Hall–Kier alpha value is -2.09. The highest BCUT2D eigenvalue weighted by atomic mass is 16.5. The van der Waals surface area contributed by atoms with E-state index in [0.717, 1.165) is 22.4 Å². The van der Waals surface area contributed by atoms with Gasteiger partial charge >= 0.3 is 0 Å². The normalized spacial score (nSPS) is 10.2. The van der Waals surface area contributed by atoms with Gasteiger partial charge in [0.2, 0.25) is 0 Å². The highest BCUT2D eigenvalue weighted by Crippen LogP contribution is 2.14. The van der Waals surface area contributed by atoms with E-state index < -0.39 is 0 Å². The molecule has 98 valence electrons. The van der Waals surface area contributed by atoms with Crippen LogP contribution < -0.4 is 4.74 Å². The van der Waals surface area contributed by atoms with E-state index in [4.69, 9.17) is 4.74 Å². The fourth-order valence-electron chi connectivity index (χ4n) is 1.99. The van der Waals surface area contributed by atoms with Gasteiger partial charge in [0.1, 0.15) is 5.75 Å². The molecule has 0 aliphatic heterocycles. The summed E-state index contributed by atoms with van der Waals surface area (Å²) in [7, 11) is 0. The average Bonchev–Trinajstić information content (AvgIpc) is 2.39. The fourth-order valence-corrected chi connectivity index (χ4v) is 1.99. The molecule has 0 N–H and O–H groups in total. The molecule has 0 heterocycles. The molecule has 0 unspecified atom stereocenters. The Morgan fingerprint density at radius 2 is 1.84 bits per heavy atom. The van der Waals surface area contributed by atoms with Crippen molar-refractivity contribution in [2.75, 3.05) is 6.61 Å². The zero-order valence-corrected chi connectivity index (χ0v) is 11.3. The summed E-state index contributed by atoms with van der Waals surface area (Å²) in [5.74, 6) is 0.948. The van der Waals surface area contributed by atoms with Crippen molar-refractivity contribution in [3.05, 3.63) is 65.2 Å². The number of carbonyl (C=O) groups excluding carboxylic acids is 1. The van der Waals surface area contributed by atoms with Gasteiger partial charge in [0.15, 0.2) is 5.78 Å². The van der Waals surface area contributed by atoms with E-state index in [1.807, 2.05) is 62.4 Å². The number of hydrogen-bond acceptors (Lipinski definition) is 2. The predicted octanol–water partition coefficient (Wildman–Crippen LogP) is 3.96. The Balaban J connectivity index is 1.90. The standard InChI is InChI=1S/C17H18O2/c1-13-6-5-8-15(12-13)19-11-10-17(18)16-9-4-3-7-14(16)2/h3-9,12H,10-11H2,1-2H3. The van der Waals surface area contributed by atoms with Crippen molar-refractivity contribution in [1.82, 2.24) is 0 Å². The molecule has 19 heavy (non-hydrogen) atoms. The van der Waals surface area contributed by atoms with Crippen LogP contribution in [0, 0.1) is 13.8 Å². The second kappa shape index (κ2) is 6.19. The van der Waals surface area contributed by atoms with E-state index >= 15 is 0 Å². The van der Waals surface area contributed by atoms with Gasteiger partial charge in [0, 0.05) is 12.0 Å². The highest BCUT2D eigenvalue weighted by Gasteiger charge is 2.08. The minimum absolute atomic E-state index is 0.130. The summed E-state index contributed by atoms with van der Waals surface area (Å²) in [5.41, 5.74) is 2.96. The third-order valence-corrected chi connectivity index (χ3v) is 3.03. The number of Topliss-reactive ketones (excluding diaryl/α,β-unsaturated/α-hetero) is 1. The number of ether oxygens (including phenoxy) is 1. The maximum absolute atomic E-state index is 12.0. The van der Waals surface area contributed by atoms with Crippen LogP contribution in [0.3, 0.4) is 0 Å². The van der Waals surface area contributed by atoms with Crippen molar-refractivity contribution >= 4 is 5.78 Å². The number of benzene rings is 2. The first-order valence-electron chi connectivity index (χ1n) is 6.45. The zero-order valence-electron chi connectivity index (χ0n) is 11.3. The Kier molecular flexibility index (Phi) is 4.35. The van der Waals surface area contributed by atoms with Gasteiger partial charge in [0.25, 0.3) is 0 Å². The molecule has 2 aromatic carbocycles. The second-order valence-corrected chi connectivity index (χ2v) is 4.65. The number of aryl methyl sites for hydroxylation is 2. The summed E-state index contributed by atoms with van der Waals surface area (Å²) < 4.78 is 5.60. The molecular formula is C17H18O2. The van der Waals surface area contributed by atoms with Crippen molar-refractivity contribution in [2.45, 2.75) is 20.3 Å². The van der Waals surface area contributed by atoms with Crippen LogP contribution in [0.15, 0.2) is 48.5 Å². The Bertz CT molecular complexity index is 573. The first kappa shape index (κ1) is 13.3. The SMILES string of the molecule is Cc1cccc(OCCC(=O)c2ccccc2C)c1. The number of hydrogen-bond donors (Lipinski definition) is 0. The van der Waals surface area contributed by atoms with Crippen LogP contribution in [0.1, 0.15) is 27.9 Å². The molecule has 0 saturated heterocycles. The lowest BCUT2D eigenvalue weighted by Crippen LogP contribution is -2.08. The van der Waals surface area contributed by atoms with E-state index in [-0.39, 0.29) is 5.78 Å². The van der Waals surface area contributed by atoms with Crippen LogP contribution in [0.5, 0.6) is 5.75 Å². The topological polar surface area (TPSA) is 26.3 Å². The molecule has 0 fully saturated rings. The second-order valence-electron chi connectivity index (χ2n) is 4.65. The molecule has 0 amide bonds. The van der Waals surface area contributed by atoms with E-state index in [9.17, 15) is 4.79 Å². The Morgan fingerprint density at radius 1 is 1.05 bits per heavy atom. The van der Waals surface area contributed by atoms with E-state index in [2.05, 4.69) is 0 Å². The van der Waals surface area contributed by atoms with E-state index in [0.29, 0.717) is 13.0 Å². The lowest BCUT2D eigenvalue weighted by molar-refractivity contribution is 0.0961. The molecule has 0 spiro atoms. The molecule has 0 aliphatic carbocycles. The molecule has 0 aromatic heterocycles. The van der Waals surface area contributed by atoms with Crippen LogP contribution in [0.25, 0.3) is 0 Å². The number of carbonyl (C=O) groups is 1. The van der Waals surface area contributed by atoms with Crippen LogP contribution in [-0.4, -0.2) is 12.4 Å². The van der Waals surface area contributed by atoms with Crippen LogP contribution in [0.4, 0.5) is 0 Å². The Morgan fingerprint density at radius 3 is 2.58 bits per heavy atom. The van der Waals surface area contributed by atoms with Gasteiger partial charge in [-0.25, -0.2) is 0 Å². The zero-order chi connectivity index (χ0) is 13.7. The molecule has 2 rings (SSSR count). The van der Waals surface area contributed by atoms with Gasteiger partial charge < -0.3 is 4.74 Å². The first-order valence-corrected chi connectivity index (χ1v) is 6.45. The van der Waals surface area contributed by atoms with Gasteiger partial charge in [-0.15, -0.1) is 0 Å². The molecule has 2 heteroatoms. The van der Waals surface area contributed by atoms with Crippen molar-refractivity contribution in [3.8, 4) is 5.75 Å². The maximum Gasteiger partial charge on any atom is 0.166 e. The smallest absolute Gasteiger partial charge is 0.166 e. The van der Waals surface area contributed by atoms with Crippen molar-refractivity contribution in [1.29, 1.82) is 0 Å². The summed E-state index contributed by atoms with van der Waals surface area (Å²) in [4.78, 5) is 12.0. The largest absolute Gasteiger partial charge is 0.493 e. The van der Waals surface area contributed by atoms with Crippen molar-refractivity contribution in [3.63, 3.8) is 0 Å². The fraction of sp³-hybridized carbons (Fsp3) is 0.235. The molecule has 0 radical (unpaired) electrons. The first-order chi connectivity index (χ1) is 9.16. The number of rotatable bonds is 5. The lowest BCUT2D eigenvalue weighted by Gasteiger charge is -2.07. The van der Waals surface area contributed by atoms with Crippen LogP contribution in [0.2, 0.25) is 0 Å². The minimum atomic E-state index is 0.130. The summed E-state index contributed by atoms with van der Waals surface area (Å²) in [6.07, 6.45) is 0.402. The summed E-state index contributed by atoms with van der Waals surface area (Å²) in [6, 6.07) is 15.5. The monoisotopic (exact) mass is 254 g/mol. The molecule has 0 bridgehead atoms. The van der Waals surface area contributed by atoms with Gasteiger partial charge in [-0.1, -0.05) is 36.4 Å². The molecule has 0 saturated carbocycles. The van der Waals surface area contributed by atoms with Crippen LogP contribution in [-0.2, 0) is 0 Å². The van der Waals surface area contributed by atoms with E-state index in [1.165, 1.54) is 0 Å². The quantitative estimate of drug-likeness (QED) is 0.755. The highest BCUT2D eigenvalue weighted by molar-refractivity contribution is 5.97. The average molecular weight is 254 g/mol. The van der Waals surface area contributed by atoms with Crippen molar-refractivity contribution in [2.24, 2.45) is 0 Å². The van der Waals surface area contributed by atoms with Gasteiger partial charge in [-0.2, -0.15) is 0 Å². The maximum atomic E-state index is 12.0. The molecule has 2 aromatic rings. The summed E-state index contributed by atoms with van der Waals surface area (Å²) >= 11 is 0. The van der Waals surface area contributed by atoms with Gasteiger partial charge in [0.05, 0.1) is 6.61 Å². The van der Waals surface area contributed by atoms with Gasteiger partial charge in [-0.3, -0.25) is 4.79 Å². The van der Waals surface area contributed by atoms with Gasteiger partial charge in [-0.05, 0) is 37.1 Å². The van der Waals surface area contributed by atoms with Crippen molar-refractivity contribution < 1.29 is 9.53 Å². The molecule has 0 aliphatic rings. The summed E-state index contributed by atoms with van der Waals surface area (Å²) in [6.45, 7) is 4.39. The van der Waals surface area contributed by atoms with Crippen LogP contribution >= 0.6 is 0 Å². The third-order valence-electron chi connectivity index (χ3n) is 3.03. The third kappa shape index (κ3) is 3.68. The van der Waals surface area contributed by atoms with E-state index in [1.54, 1.807) is 0 Å². The number of ketones is 1. The lowest BCUT2D eigenvalue weighted by atomic mass is 10.0. The minimum Gasteiger partial charge on any atom is -0.493 e. The summed E-state index contributed by atoms with van der Waals surface area (Å²) in [5, 5.41) is 0. The molecule has 0 atom stereocenters. The predicted molar refractivity (Wildman–Crippen MR) is 76.8 cm³/mol. The molecule has 2 nitrogen and oxygen atoms in total.